The molecule has 4 aromatic rings. The van der Waals surface area contributed by atoms with Crippen LogP contribution in [0, 0.1) is 0 Å². The Hall–Kier alpha value is -3.03. The molecule has 148 valence electrons. The summed E-state index contributed by atoms with van der Waals surface area (Å²) in [5.74, 6) is 0. The van der Waals surface area contributed by atoms with Crippen molar-refractivity contribution in [2.24, 2.45) is 0 Å². The first-order chi connectivity index (χ1) is 13.8. The second-order valence-corrected chi connectivity index (χ2v) is 8.99. The number of anilines is 2. The maximum Gasteiger partial charge on any atom is 0.293 e. The second kappa shape index (κ2) is 7.42. The highest BCUT2D eigenvalue weighted by atomic mass is 35.5. The van der Waals surface area contributed by atoms with Crippen molar-refractivity contribution in [1.82, 2.24) is 4.98 Å². The molecule has 0 fully saturated rings. The van der Waals surface area contributed by atoms with Crippen molar-refractivity contribution in [2.75, 3.05) is 16.7 Å². The molecule has 0 saturated heterocycles. The second-order valence-electron chi connectivity index (χ2n) is 6.80. The Kier molecular flexibility index (Phi) is 4.94. The predicted octanol–water partition coefficient (Wildman–Crippen LogP) is 4.69. The minimum atomic E-state index is -3.30. The van der Waals surface area contributed by atoms with Gasteiger partial charge in [-0.2, -0.15) is 4.98 Å². The lowest BCUT2D eigenvalue weighted by molar-refractivity contribution is 0.606. The number of fused-ring (bicyclic) bond motifs is 1. The molecule has 6 nitrogen and oxygen atoms in total. The van der Waals surface area contributed by atoms with Crippen LogP contribution in [-0.4, -0.2) is 19.7 Å². The van der Waals surface area contributed by atoms with E-state index in [0.29, 0.717) is 28.2 Å². The fourth-order valence-corrected chi connectivity index (χ4v) is 3.98. The van der Waals surface area contributed by atoms with Gasteiger partial charge >= 0.3 is 0 Å². The van der Waals surface area contributed by atoms with Crippen LogP contribution in [0.25, 0.3) is 22.2 Å². The summed E-state index contributed by atoms with van der Waals surface area (Å²) in [5.41, 5.74) is 11.4. The van der Waals surface area contributed by atoms with E-state index in [-0.39, 0.29) is 6.01 Å². The highest BCUT2D eigenvalue weighted by Gasteiger charge is 2.13. The van der Waals surface area contributed by atoms with Crippen LogP contribution >= 0.6 is 11.6 Å². The van der Waals surface area contributed by atoms with E-state index in [9.17, 15) is 8.42 Å². The third-order valence-corrected chi connectivity index (χ3v) is 5.21. The minimum Gasteiger partial charge on any atom is -0.424 e. The molecule has 0 atom stereocenters. The summed E-state index contributed by atoms with van der Waals surface area (Å²) in [5, 5.41) is 0.631. The average molecular weight is 428 g/mol. The van der Waals surface area contributed by atoms with Crippen molar-refractivity contribution in [3.05, 3.63) is 76.8 Å². The number of aromatic nitrogens is 1. The Labute approximate surface area is 173 Å². The van der Waals surface area contributed by atoms with E-state index < -0.39 is 10.0 Å². The number of hydrogen-bond acceptors (Lipinski definition) is 5. The van der Waals surface area contributed by atoms with Gasteiger partial charge in [-0.25, -0.2) is 8.42 Å². The molecule has 0 unspecified atom stereocenters. The Morgan fingerprint density at radius 3 is 2.52 bits per heavy atom. The molecular weight excluding hydrogens is 410 g/mol. The highest BCUT2D eigenvalue weighted by Crippen LogP contribution is 2.33. The summed E-state index contributed by atoms with van der Waals surface area (Å²) >= 11 is 6.16. The van der Waals surface area contributed by atoms with Gasteiger partial charge in [-0.1, -0.05) is 35.9 Å². The van der Waals surface area contributed by atoms with Crippen LogP contribution in [-0.2, 0) is 16.4 Å². The summed E-state index contributed by atoms with van der Waals surface area (Å²) in [6.07, 6.45) is 1.75. The van der Waals surface area contributed by atoms with Crippen LogP contribution in [0.4, 0.5) is 11.7 Å². The molecule has 0 bridgehead atoms. The summed E-state index contributed by atoms with van der Waals surface area (Å²) in [7, 11) is -3.30. The normalized spacial score (nSPS) is 11.7. The zero-order valence-corrected chi connectivity index (χ0v) is 17.1. The van der Waals surface area contributed by atoms with Gasteiger partial charge < -0.3 is 10.2 Å². The number of sulfonamides is 1. The molecular formula is C21H18ClN3O3S. The molecule has 0 radical (unpaired) electrons. The van der Waals surface area contributed by atoms with E-state index in [1.54, 1.807) is 12.1 Å². The molecule has 0 aliphatic rings. The summed E-state index contributed by atoms with van der Waals surface area (Å²) in [6, 6.07) is 18.8. The first-order valence-corrected chi connectivity index (χ1v) is 11.1. The number of benzene rings is 3. The molecule has 1 aromatic heterocycles. The van der Waals surface area contributed by atoms with Gasteiger partial charge in [0, 0.05) is 16.3 Å². The van der Waals surface area contributed by atoms with Crippen LogP contribution < -0.4 is 10.5 Å². The maximum atomic E-state index is 11.4. The standard InChI is InChI=1S/C21H18ClN3O3S/c1-29(26,27)25-17-7-5-13(6-8-17)9-14-10-18(15-3-2-4-16(22)12-15)20-19(11-14)28-21(23)24-20/h2-8,10-12,25H,9H2,1H3,(H2,23,24). The number of rotatable bonds is 5. The van der Waals surface area contributed by atoms with Crippen LogP contribution in [0.5, 0.6) is 0 Å². The van der Waals surface area contributed by atoms with Gasteiger partial charge in [0.15, 0.2) is 5.58 Å². The predicted molar refractivity (Wildman–Crippen MR) is 117 cm³/mol. The first kappa shape index (κ1) is 19.3. The topological polar surface area (TPSA) is 98.2 Å². The number of nitrogens with one attached hydrogen (secondary N) is 1. The van der Waals surface area contributed by atoms with Crippen LogP contribution in [0.3, 0.4) is 0 Å². The van der Waals surface area contributed by atoms with E-state index in [1.165, 1.54) is 0 Å². The molecule has 0 saturated carbocycles. The van der Waals surface area contributed by atoms with Crippen molar-refractivity contribution in [3.63, 3.8) is 0 Å². The summed E-state index contributed by atoms with van der Waals surface area (Å²) in [6.45, 7) is 0. The van der Waals surface area contributed by atoms with Crippen LogP contribution in [0.2, 0.25) is 5.02 Å². The van der Waals surface area contributed by atoms with Crippen LogP contribution in [0.15, 0.2) is 65.1 Å². The number of halogens is 1. The summed E-state index contributed by atoms with van der Waals surface area (Å²) in [4.78, 5) is 4.32. The molecule has 3 N–H and O–H groups in total. The lowest BCUT2D eigenvalue weighted by Gasteiger charge is -2.09. The van der Waals surface area contributed by atoms with E-state index in [2.05, 4.69) is 9.71 Å². The largest absolute Gasteiger partial charge is 0.424 e. The average Bonchev–Trinajstić information content (AvgIpc) is 3.01. The minimum absolute atomic E-state index is 0.108. The third kappa shape index (κ3) is 4.52. The van der Waals surface area contributed by atoms with E-state index in [4.69, 9.17) is 21.8 Å². The molecule has 0 aliphatic carbocycles. The fourth-order valence-electron chi connectivity index (χ4n) is 3.22. The lowest BCUT2D eigenvalue weighted by Crippen LogP contribution is -2.09. The smallest absolute Gasteiger partial charge is 0.293 e. The molecule has 0 spiro atoms. The van der Waals surface area contributed by atoms with Crippen molar-refractivity contribution < 1.29 is 12.8 Å². The highest BCUT2D eigenvalue weighted by molar-refractivity contribution is 7.92. The number of nitrogens with zero attached hydrogens (tertiary/aromatic N) is 1. The van der Waals surface area contributed by atoms with E-state index >= 15 is 0 Å². The van der Waals surface area contributed by atoms with Crippen molar-refractivity contribution in [3.8, 4) is 11.1 Å². The number of oxazole rings is 1. The molecule has 29 heavy (non-hydrogen) atoms. The molecule has 1 heterocycles. The Morgan fingerprint density at radius 2 is 1.83 bits per heavy atom. The number of hydrogen-bond donors (Lipinski definition) is 2. The van der Waals surface area contributed by atoms with E-state index in [1.807, 2.05) is 48.5 Å². The Balaban J connectivity index is 1.71. The van der Waals surface area contributed by atoms with Gasteiger partial charge in [-0.15, -0.1) is 0 Å². The number of nitrogens with two attached hydrogens (primary N) is 1. The van der Waals surface area contributed by atoms with Gasteiger partial charge in [0.25, 0.3) is 6.01 Å². The molecule has 8 heteroatoms. The van der Waals surface area contributed by atoms with Crippen molar-refractivity contribution in [2.45, 2.75) is 6.42 Å². The fraction of sp³-hybridized carbons (Fsp3) is 0.0952. The zero-order chi connectivity index (χ0) is 20.6. The number of nitrogen functional groups attached to an aromatic ring is 1. The van der Waals surface area contributed by atoms with Gasteiger partial charge in [-0.3, -0.25) is 4.72 Å². The van der Waals surface area contributed by atoms with Gasteiger partial charge in [0.05, 0.1) is 6.26 Å². The summed E-state index contributed by atoms with van der Waals surface area (Å²) < 4.78 is 30.7. The monoisotopic (exact) mass is 427 g/mol. The van der Waals surface area contributed by atoms with Gasteiger partial charge in [-0.05, 0) is 59.5 Å². The third-order valence-electron chi connectivity index (χ3n) is 4.37. The zero-order valence-electron chi connectivity index (χ0n) is 15.5. The van der Waals surface area contributed by atoms with Gasteiger partial charge in [0.1, 0.15) is 5.52 Å². The molecule has 3 aromatic carbocycles. The molecule has 0 aliphatic heterocycles. The Bertz CT molecular complexity index is 1300. The maximum absolute atomic E-state index is 11.4. The van der Waals surface area contributed by atoms with Crippen molar-refractivity contribution >= 4 is 44.4 Å². The quantitative estimate of drug-likeness (QED) is 0.481. The van der Waals surface area contributed by atoms with Crippen LogP contribution in [0.1, 0.15) is 11.1 Å². The van der Waals surface area contributed by atoms with E-state index in [0.717, 1.165) is 28.5 Å². The molecule has 4 rings (SSSR count). The Morgan fingerprint density at radius 1 is 1.07 bits per heavy atom. The van der Waals surface area contributed by atoms with Gasteiger partial charge in [0.2, 0.25) is 10.0 Å². The SMILES string of the molecule is CS(=O)(=O)Nc1ccc(Cc2cc(-c3cccc(Cl)c3)c3nc(N)oc3c2)cc1. The lowest BCUT2D eigenvalue weighted by atomic mass is 9.98. The van der Waals surface area contributed by atoms with Crippen molar-refractivity contribution in [1.29, 1.82) is 0 Å². The molecule has 0 amide bonds. The first-order valence-electron chi connectivity index (χ1n) is 8.78.